The van der Waals surface area contributed by atoms with Gasteiger partial charge in [-0.25, -0.2) is 4.98 Å². The highest BCUT2D eigenvalue weighted by atomic mass is 16.5. The van der Waals surface area contributed by atoms with E-state index in [0.29, 0.717) is 13.2 Å². The molecule has 0 saturated heterocycles. The van der Waals surface area contributed by atoms with Crippen molar-refractivity contribution in [2.24, 2.45) is 5.73 Å². The minimum atomic E-state index is 0.506. The Morgan fingerprint density at radius 1 is 1.33 bits per heavy atom. The first-order chi connectivity index (χ1) is 8.80. The molecule has 4 nitrogen and oxygen atoms in total. The first kappa shape index (κ1) is 12.6. The maximum atomic E-state index is 5.71. The number of aromatic nitrogens is 2. The number of hydrogen-bond donors (Lipinski definition) is 1. The number of nitrogens with two attached hydrogens (primary N) is 1. The molecule has 0 aliphatic rings. The molecule has 1 aromatic carbocycles. The predicted molar refractivity (Wildman–Crippen MR) is 72.4 cm³/mol. The Kier molecular flexibility index (Phi) is 3.99. The quantitative estimate of drug-likeness (QED) is 0.880. The number of ether oxygens (including phenoxy) is 1. The van der Waals surface area contributed by atoms with Crippen LogP contribution in [-0.4, -0.2) is 16.2 Å². The molecule has 0 spiro atoms. The minimum absolute atomic E-state index is 0.506. The molecular weight excluding hydrogens is 226 g/mol. The number of rotatable bonds is 5. The van der Waals surface area contributed by atoms with Crippen LogP contribution in [0.3, 0.4) is 0 Å². The smallest absolute Gasteiger partial charge is 0.140 e. The lowest BCUT2D eigenvalue weighted by molar-refractivity contribution is 0.340. The van der Waals surface area contributed by atoms with E-state index in [1.807, 2.05) is 37.4 Å². The Morgan fingerprint density at radius 2 is 2.17 bits per heavy atom. The molecule has 0 amide bonds. The van der Waals surface area contributed by atoms with Gasteiger partial charge < -0.3 is 15.0 Å². The third kappa shape index (κ3) is 2.38. The summed E-state index contributed by atoms with van der Waals surface area (Å²) in [7, 11) is 0. The van der Waals surface area contributed by atoms with Gasteiger partial charge >= 0.3 is 0 Å². The average molecular weight is 245 g/mol. The van der Waals surface area contributed by atoms with Crippen LogP contribution in [0.4, 0.5) is 0 Å². The summed E-state index contributed by atoms with van der Waals surface area (Å²) < 4.78 is 7.64. The van der Waals surface area contributed by atoms with Crippen molar-refractivity contribution in [3.05, 3.63) is 36.2 Å². The van der Waals surface area contributed by atoms with E-state index in [1.54, 1.807) is 0 Å². The summed E-state index contributed by atoms with van der Waals surface area (Å²) in [6.07, 6.45) is 1.84. The highest BCUT2D eigenvalue weighted by Gasteiger charge is 2.10. The standard InChI is InChI=1S/C14H19N3O/c1-3-17-12(9-15)10-16-14(17)11-6-5-7-13(8-11)18-4-2/h5-8,10H,3-4,9,15H2,1-2H3. The topological polar surface area (TPSA) is 53.1 Å². The highest BCUT2D eigenvalue weighted by molar-refractivity contribution is 5.58. The van der Waals surface area contributed by atoms with E-state index in [1.165, 1.54) is 0 Å². The number of hydrogen-bond acceptors (Lipinski definition) is 3. The monoisotopic (exact) mass is 245 g/mol. The molecule has 0 aliphatic heterocycles. The summed E-state index contributed by atoms with van der Waals surface area (Å²) in [5, 5.41) is 0. The van der Waals surface area contributed by atoms with Crippen LogP contribution in [-0.2, 0) is 13.1 Å². The predicted octanol–water partition coefficient (Wildman–Crippen LogP) is 2.43. The fraction of sp³-hybridized carbons (Fsp3) is 0.357. The van der Waals surface area contributed by atoms with E-state index in [4.69, 9.17) is 10.5 Å². The molecule has 2 rings (SSSR count). The summed E-state index contributed by atoms with van der Waals surface area (Å²) in [4.78, 5) is 4.46. The highest BCUT2D eigenvalue weighted by Crippen LogP contribution is 2.24. The molecule has 0 aliphatic carbocycles. The number of imidazole rings is 1. The van der Waals surface area contributed by atoms with Crippen LogP contribution >= 0.6 is 0 Å². The molecule has 0 radical (unpaired) electrons. The summed E-state index contributed by atoms with van der Waals surface area (Å²) in [6.45, 7) is 6.11. The van der Waals surface area contributed by atoms with Gasteiger partial charge in [0.15, 0.2) is 0 Å². The fourth-order valence-corrected chi connectivity index (χ4v) is 2.05. The van der Waals surface area contributed by atoms with Crippen LogP contribution in [0.5, 0.6) is 5.75 Å². The molecular formula is C14H19N3O. The third-order valence-corrected chi connectivity index (χ3v) is 2.87. The summed E-state index contributed by atoms with van der Waals surface area (Å²) in [5.74, 6) is 1.81. The van der Waals surface area contributed by atoms with Crippen LogP contribution in [0.15, 0.2) is 30.5 Å². The first-order valence-electron chi connectivity index (χ1n) is 6.27. The average Bonchev–Trinajstić information content (AvgIpc) is 2.82. The van der Waals surface area contributed by atoms with Gasteiger partial charge in [-0.15, -0.1) is 0 Å². The van der Waals surface area contributed by atoms with Crippen LogP contribution in [0.25, 0.3) is 11.4 Å². The van der Waals surface area contributed by atoms with Crippen molar-refractivity contribution in [3.63, 3.8) is 0 Å². The maximum absolute atomic E-state index is 5.71. The fourth-order valence-electron chi connectivity index (χ4n) is 2.05. The summed E-state index contributed by atoms with van der Waals surface area (Å²) in [6, 6.07) is 7.99. The Balaban J connectivity index is 2.41. The van der Waals surface area contributed by atoms with Gasteiger partial charge in [0.1, 0.15) is 11.6 Å². The van der Waals surface area contributed by atoms with Crippen molar-refractivity contribution >= 4 is 0 Å². The third-order valence-electron chi connectivity index (χ3n) is 2.87. The van der Waals surface area contributed by atoms with Crippen molar-refractivity contribution in [3.8, 4) is 17.1 Å². The number of nitrogens with zero attached hydrogens (tertiary/aromatic N) is 2. The van der Waals surface area contributed by atoms with Gasteiger partial charge in [0.05, 0.1) is 18.5 Å². The Bertz CT molecular complexity index is 520. The van der Waals surface area contributed by atoms with Crippen molar-refractivity contribution in [1.29, 1.82) is 0 Å². The number of benzene rings is 1. The molecule has 96 valence electrons. The van der Waals surface area contributed by atoms with E-state index in [9.17, 15) is 0 Å². The van der Waals surface area contributed by atoms with Gasteiger partial charge in [0, 0.05) is 18.7 Å². The molecule has 2 aromatic rings. The zero-order chi connectivity index (χ0) is 13.0. The largest absolute Gasteiger partial charge is 0.494 e. The molecule has 0 saturated carbocycles. The SMILES string of the molecule is CCOc1cccc(-c2ncc(CN)n2CC)c1. The lowest BCUT2D eigenvalue weighted by atomic mass is 10.2. The second kappa shape index (κ2) is 5.69. The van der Waals surface area contributed by atoms with Gasteiger partial charge in [0.25, 0.3) is 0 Å². The second-order valence-electron chi connectivity index (χ2n) is 3.98. The molecule has 0 unspecified atom stereocenters. The molecule has 0 bridgehead atoms. The van der Waals surface area contributed by atoms with Gasteiger partial charge in [-0.2, -0.15) is 0 Å². The molecule has 1 aromatic heterocycles. The van der Waals surface area contributed by atoms with Crippen LogP contribution in [0, 0.1) is 0 Å². The molecule has 0 atom stereocenters. The molecule has 18 heavy (non-hydrogen) atoms. The summed E-state index contributed by atoms with van der Waals surface area (Å²) >= 11 is 0. The van der Waals surface area contributed by atoms with Gasteiger partial charge in [-0.05, 0) is 26.0 Å². The van der Waals surface area contributed by atoms with Gasteiger partial charge in [-0.1, -0.05) is 12.1 Å². The van der Waals surface area contributed by atoms with Crippen LogP contribution < -0.4 is 10.5 Å². The Labute approximate surface area is 107 Å². The van der Waals surface area contributed by atoms with E-state index in [0.717, 1.165) is 29.4 Å². The zero-order valence-electron chi connectivity index (χ0n) is 10.9. The Morgan fingerprint density at radius 3 is 2.83 bits per heavy atom. The van der Waals surface area contributed by atoms with Crippen molar-refractivity contribution in [1.82, 2.24) is 9.55 Å². The van der Waals surface area contributed by atoms with Gasteiger partial charge in [0.2, 0.25) is 0 Å². The maximum Gasteiger partial charge on any atom is 0.140 e. The van der Waals surface area contributed by atoms with E-state index >= 15 is 0 Å². The lowest BCUT2D eigenvalue weighted by Gasteiger charge is -2.09. The van der Waals surface area contributed by atoms with E-state index in [-0.39, 0.29) is 0 Å². The van der Waals surface area contributed by atoms with E-state index in [2.05, 4.69) is 16.5 Å². The van der Waals surface area contributed by atoms with Crippen molar-refractivity contribution < 1.29 is 4.74 Å². The second-order valence-corrected chi connectivity index (χ2v) is 3.98. The lowest BCUT2D eigenvalue weighted by Crippen LogP contribution is -2.07. The van der Waals surface area contributed by atoms with Crippen molar-refractivity contribution in [2.75, 3.05) is 6.61 Å². The van der Waals surface area contributed by atoms with E-state index < -0.39 is 0 Å². The molecule has 0 fully saturated rings. The molecule has 1 heterocycles. The van der Waals surface area contributed by atoms with Crippen molar-refractivity contribution in [2.45, 2.75) is 26.9 Å². The van der Waals surface area contributed by atoms with Gasteiger partial charge in [-0.3, -0.25) is 0 Å². The molecule has 2 N–H and O–H groups in total. The van der Waals surface area contributed by atoms with Crippen LogP contribution in [0.2, 0.25) is 0 Å². The Hall–Kier alpha value is -1.81. The minimum Gasteiger partial charge on any atom is -0.494 e. The summed E-state index contributed by atoms with van der Waals surface area (Å²) in [5.41, 5.74) is 7.82. The molecule has 4 heteroatoms. The van der Waals surface area contributed by atoms with Crippen LogP contribution in [0.1, 0.15) is 19.5 Å². The normalized spacial score (nSPS) is 10.6. The zero-order valence-corrected chi connectivity index (χ0v) is 10.9. The first-order valence-corrected chi connectivity index (χ1v) is 6.27.